The van der Waals surface area contributed by atoms with Crippen molar-refractivity contribution >= 4 is 0 Å². The average Bonchev–Trinajstić information content (AvgIpc) is 2.88. The van der Waals surface area contributed by atoms with Gasteiger partial charge in [-0.3, -0.25) is 0 Å². The van der Waals surface area contributed by atoms with Gasteiger partial charge >= 0.3 is 0 Å². The fourth-order valence-electron chi connectivity index (χ4n) is 11.4. The van der Waals surface area contributed by atoms with Crippen LogP contribution in [0.25, 0.3) is 0 Å². The number of allylic oxidation sites excluding steroid dienone is 8. The Morgan fingerprint density at radius 3 is 0.375 bits per heavy atom. The summed E-state index contributed by atoms with van der Waals surface area (Å²) >= 11 is 0. The minimum Gasteiger partial charge on any atom is -0.0458 e. The van der Waals surface area contributed by atoms with E-state index in [0.29, 0.717) is 0 Å². The lowest BCUT2D eigenvalue weighted by Crippen LogP contribution is -2.42. The van der Waals surface area contributed by atoms with Gasteiger partial charge in [-0.05, 0) is 195 Å². The van der Waals surface area contributed by atoms with E-state index in [0.717, 1.165) is 47.3 Å². The molecule has 13 rings (SSSR count). The zero-order chi connectivity index (χ0) is 20.6. The number of rotatable bonds is 0. The third-order valence-corrected chi connectivity index (χ3v) is 12.5. The highest BCUT2D eigenvalue weighted by Crippen LogP contribution is 2.66. The lowest BCUT2D eigenvalue weighted by Gasteiger charge is -2.56. The van der Waals surface area contributed by atoms with Crippen LogP contribution >= 0.6 is 0 Å². The summed E-state index contributed by atoms with van der Waals surface area (Å²) in [6.07, 6.45) is 24.3. The van der Waals surface area contributed by atoms with E-state index in [9.17, 15) is 0 Å². The van der Waals surface area contributed by atoms with Crippen molar-refractivity contribution in [2.75, 3.05) is 0 Å². The molecule has 12 fully saturated rings. The summed E-state index contributed by atoms with van der Waals surface area (Å²) in [6.45, 7) is 0. The van der Waals surface area contributed by atoms with Gasteiger partial charge in [-0.1, -0.05) is 0 Å². The highest BCUT2D eigenvalue weighted by molar-refractivity contribution is 5.67. The Hall–Kier alpha value is -1.04. The van der Waals surface area contributed by atoms with E-state index in [2.05, 4.69) is 0 Å². The second-order valence-electron chi connectivity index (χ2n) is 13.5. The van der Waals surface area contributed by atoms with E-state index in [-0.39, 0.29) is 0 Å². The van der Waals surface area contributed by atoms with Crippen LogP contribution in [0, 0.1) is 47.3 Å². The minimum atomic E-state index is 0.927. The molecule has 0 heterocycles. The van der Waals surface area contributed by atoms with E-state index in [4.69, 9.17) is 0 Å². The van der Waals surface area contributed by atoms with E-state index < -0.39 is 0 Å². The third-order valence-electron chi connectivity index (χ3n) is 12.5. The second-order valence-corrected chi connectivity index (χ2v) is 13.5. The molecule has 0 amide bonds. The van der Waals surface area contributed by atoms with Crippen molar-refractivity contribution in [2.45, 2.75) is 103 Å². The van der Waals surface area contributed by atoms with Crippen LogP contribution in [0.5, 0.6) is 0 Å². The lowest BCUT2D eigenvalue weighted by molar-refractivity contribution is 0.230. The monoisotopic (exact) mass is 424 g/mol. The predicted octanol–water partition coefficient (Wildman–Crippen LogP) is 8.47. The molecule has 12 saturated carbocycles. The molecular formula is C32H40. The van der Waals surface area contributed by atoms with Gasteiger partial charge in [0, 0.05) is 0 Å². The summed E-state index contributed by atoms with van der Waals surface area (Å²) in [5, 5.41) is 0. The number of hydrogen-bond donors (Lipinski definition) is 0. The Balaban J connectivity index is 1.45. The summed E-state index contributed by atoms with van der Waals surface area (Å²) in [6, 6.07) is 0. The summed E-state index contributed by atoms with van der Waals surface area (Å²) in [5.74, 6) is 7.42. The Kier molecular flexibility index (Phi) is 3.63. The molecule has 32 heavy (non-hydrogen) atoms. The van der Waals surface area contributed by atoms with Crippen LogP contribution in [-0.4, -0.2) is 0 Å². The standard InChI is InChI=1S/C32H40/c1-2-18-4-3-17(1)25-26(18)28-20-9-11-22(12-10-20)30(28)32-24-15-13-23(14-16-24)31(32)29-21-7-5-19(6-8-21)27(25)29/h17-24H,1-16H2/b27-25-,28-26-,31-29-,32-30-. The first-order chi connectivity index (χ1) is 15.9. The van der Waals surface area contributed by atoms with Crippen molar-refractivity contribution < 1.29 is 0 Å². The molecule has 0 aromatic heterocycles. The number of fused-ring (bicyclic) bond motifs is 8. The van der Waals surface area contributed by atoms with Crippen LogP contribution in [0.15, 0.2) is 44.6 Å². The average molecular weight is 425 g/mol. The van der Waals surface area contributed by atoms with Gasteiger partial charge in [-0.25, -0.2) is 0 Å². The van der Waals surface area contributed by atoms with Crippen molar-refractivity contribution in [1.82, 2.24) is 0 Å². The fraction of sp³-hybridized carbons (Fsp3) is 0.750. The van der Waals surface area contributed by atoms with Crippen LogP contribution in [0.2, 0.25) is 0 Å². The van der Waals surface area contributed by atoms with Gasteiger partial charge < -0.3 is 0 Å². The molecule has 0 heteroatoms. The van der Waals surface area contributed by atoms with Gasteiger partial charge in [-0.2, -0.15) is 0 Å². The first kappa shape index (κ1) is 18.3. The zero-order valence-electron chi connectivity index (χ0n) is 19.9. The van der Waals surface area contributed by atoms with Gasteiger partial charge in [0.15, 0.2) is 0 Å². The largest absolute Gasteiger partial charge is 0.0458 e. The van der Waals surface area contributed by atoms with E-state index >= 15 is 0 Å². The van der Waals surface area contributed by atoms with Crippen molar-refractivity contribution in [2.24, 2.45) is 47.3 Å². The zero-order valence-corrected chi connectivity index (χ0v) is 19.9. The molecular weight excluding hydrogens is 384 g/mol. The first-order valence-electron chi connectivity index (χ1n) is 14.8. The molecule has 0 saturated heterocycles. The van der Waals surface area contributed by atoms with E-state index in [1.54, 1.807) is 0 Å². The predicted molar refractivity (Wildman–Crippen MR) is 130 cm³/mol. The molecule has 0 radical (unpaired) electrons. The Morgan fingerprint density at radius 1 is 0.188 bits per heavy atom. The third kappa shape index (κ3) is 2.14. The molecule has 0 N–H and O–H groups in total. The molecule has 0 aromatic rings. The van der Waals surface area contributed by atoms with Crippen molar-refractivity contribution in [1.29, 1.82) is 0 Å². The molecule has 13 aliphatic carbocycles. The van der Waals surface area contributed by atoms with Gasteiger partial charge in [0.2, 0.25) is 0 Å². The quantitative estimate of drug-likeness (QED) is 0.366. The van der Waals surface area contributed by atoms with Crippen LogP contribution in [0.1, 0.15) is 103 Å². The molecule has 168 valence electrons. The summed E-state index contributed by atoms with van der Waals surface area (Å²) in [4.78, 5) is 0. The summed E-state index contributed by atoms with van der Waals surface area (Å²) in [5.41, 5.74) is 16.3. The Labute approximate surface area is 194 Å². The Morgan fingerprint density at radius 2 is 0.281 bits per heavy atom. The van der Waals surface area contributed by atoms with Crippen molar-refractivity contribution in [3.8, 4) is 0 Å². The van der Waals surface area contributed by atoms with Crippen LogP contribution in [0.4, 0.5) is 0 Å². The molecule has 13 aliphatic rings. The van der Waals surface area contributed by atoms with Crippen LogP contribution in [-0.2, 0) is 0 Å². The van der Waals surface area contributed by atoms with Crippen molar-refractivity contribution in [3.63, 3.8) is 0 Å². The van der Waals surface area contributed by atoms with Gasteiger partial charge in [-0.15, -0.1) is 0 Å². The van der Waals surface area contributed by atoms with Crippen LogP contribution < -0.4 is 0 Å². The van der Waals surface area contributed by atoms with Gasteiger partial charge in [0.25, 0.3) is 0 Å². The molecule has 0 spiro atoms. The smallest absolute Gasteiger partial charge is 0.0156 e. The highest BCUT2D eigenvalue weighted by atomic mass is 14.6. The maximum atomic E-state index is 2.03. The second kappa shape index (κ2) is 6.34. The highest BCUT2D eigenvalue weighted by Gasteiger charge is 2.52. The molecule has 0 atom stereocenters. The molecule has 0 nitrogen and oxygen atoms in total. The lowest BCUT2D eigenvalue weighted by atomic mass is 9.48. The van der Waals surface area contributed by atoms with E-state index in [1.165, 1.54) is 103 Å². The molecule has 0 aromatic carbocycles. The summed E-state index contributed by atoms with van der Waals surface area (Å²) in [7, 11) is 0. The minimum absolute atomic E-state index is 0.927. The first-order valence-corrected chi connectivity index (χ1v) is 14.8. The molecule has 0 unspecified atom stereocenters. The maximum absolute atomic E-state index is 2.03. The van der Waals surface area contributed by atoms with Crippen LogP contribution in [0.3, 0.4) is 0 Å². The maximum Gasteiger partial charge on any atom is -0.0156 e. The van der Waals surface area contributed by atoms with Gasteiger partial charge in [0.1, 0.15) is 0 Å². The van der Waals surface area contributed by atoms with Gasteiger partial charge in [0.05, 0.1) is 0 Å². The number of hydrogen-bond acceptors (Lipinski definition) is 0. The van der Waals surface area contributed by atoms with Crippen molar-refractivity contribution in [3.05, 3.63) is 44.6 Å². The van der Waals surface area contributed by atoms with E-state index in [1.807, 2.05) is 44.6 Å². The topological polar surface area (TPSA) is 0 Å². The fourth-order valence-corrected chi connectivity index (χ4v) is 11.4. The molecule has 8 bridgehead atoms. The normalized spacial score (nSPS) is 57.0. The summed E-state index contributed by atoms with van der Waals surface area (Å²) < 4.78 is 0. The SMILES string of the molecule is C1CC2CCC1C1=C3/C(=C4\C(=C5/C(=C\12)C1CCC5CC1)C1CCC4CC1)C1CCC3CC1. The molecule has 0 aliphatic heterocycles. The Bertz CT molecular complexity index is 740.